The van der Waals surface area contributed by atoms with Crippen molar-refractivity contribution >= 4 is 74.1 Å². The number of carbonyl (C=O) groups excluding carboxylic acids is 1. The standard InChI is InChI=1S/C16H9BrCl3N3O2S/c17-11-6-9(2-4-12(11)19)21-14(24)7-26-16-23-22-15(25-16)10-3-1-8(18)5-13(10)20/h1-6H,7H2,(H,21,24). The Balaban J connectivity index is 1.60. The molecule has 3 aromatic rings. The van der Waals surface area contributed by atoms with Crippen molar-refractivity contribution in [1.29, 1.82) is 0 Å². The van der Waals surface area contributed by atoms with Crippen LogP contribution >= 0.6 is 62.5 Å². The van der Waals surface area contributed by atoms with Gasteiger partial charge in [-0.15, -0.1) is 10.2 Å². The Bertz CT molecular complexity index is 968. The van der Waals surface area contributed by atoms with Gasteiger partial charge in [0.2, 0.25) is 11.8 Å². The third-order valence-electron chi connectivity index (χ3n) is 3.10. The molecular weight excluding hydrogens is 485 g/mol. The Labute approximate surface area is 176 Å². The van der Waals surface area contributed by atoms with Crippen molar-refractivity contribution in [3.63, 3.8) is 0 Å². The van der Waals surface area contributed by atoms with Gasteiger partial charge in [0.1, 0.15) is 0 Å². The predicted molar refractivity (Wildman–Crippen MR) is 108 cm³/mol. The van der Waals surface area contributed by atoms with E-state index in [1.807, 2.05) is 0 Å². The number of anilines is 1. The van der Waals surface area contributed by atoms with Crippen LogP contribution in [0.2, 0.25) is 15.1 Å². The van der Waals surface area contributed by atoms with Gasteiger partial charge in [-0.05, 0) is 52.3 Å². The molecule has 0 bridgehead atoms. The first-order valence-electron chi connectivity index (χ1n) is 7.09. The van der Waals surface area contributed by atoms with Gasteiger partial charge >= 0.3 is 0 Å². The molecule has 0 aliphatic rings. The number of aromatic nitrogens is 2. The van der Waals surface area contributed by atoms with E-state index in [1.54, 1.807) is 36.4 Å². The zero-order valence-electron chi connectivity index (χ0n) is 12.8. The zero-order chi connectivity index (χ0) is 18.7. The molecule has 5 nitrogen and oxygen atoms in total. The Morgan fingerprint density at radius 1 is 1.12 bits per heavy atom. The highest BCUT2D eigenvalue weighted by Crippen LogP contribution is 2.31. The molecule has 2 aromatic carbocycles. The number of rotatable bonds is 5. The Kier molecular flexibility index (Phi) is 6.47. The highest BCUT2D eigenvalue weighted by Gasteiger charge is 2.14. The fraction of sp³-hybridized carbons (Fsp3) is 0.0625. The van der Waals surface area contributed by atoms with E-state index in [-0.39, 0.29) is 22.8 Å². The van der Waals surface area contributed by atoms with Crippen molar-refractivity contribution in [3.05, 3.63) is 55.9 Å². The lowest BCUT2D eigenvalue weighted by Crippen LogP contribution is -2.13. The lowest BCUT2D eigenvalue weighted by molar-refractivity contribution is -0.113. The van der Waals surface area contributed by atoms with Gasteiger partial charge in [-0.2, -0.15) is 0 Å². The van der Waals surface area contributed by atoms with Gasteiger partial charge in [-0.25, -0.2) is 0 Å². The van der Waals surface area contributed by atoms with Crippen LogP contribution in [0.1, 0.15) is 0 Å². The Hall–Kier alpha value is -1.25. The molecule has 0 saturated heterocycles. The number of thioether (sulfide) groups is 1. The van der Waals surface area contributed by atoms with E-state index in [1.165, 1.54) is 0 Å². The van der Waals surface area contributed by atoms with Gasteiger partial charge in [-0.3, -0.25) is 4.79 Å². The van der Waals surface area contributed by atoms with Crippen molar-refractivity contribution in [3.8, 4) is 11.5 Å². The summed E-state index contributed by atoms with van der Waals surface area (Å²) in [6.07, 6.45) is 0. The molecule has 0 aliphatic carbocycles. The van der Waals surface area contributed by atoms with E-state index < -0.39 is 0 Å². The van der Waals surface area contributed by atoms with E-state index in [0.717, 1.165) is 11.8 Å². The van der Waals surface area contributed by atoms with Crippen molar-refractivity contribution in [1.82, 2.24) is 10.2 Å². The molecule has 0 fully saturated rings. The SMILES string of the molecule is O=C(CSc1nnc(-c2ccc(Cl)cc2Cl)o1)Nc1ccc(Cl)c(Br)c1. The largest absolute Gasteiger partial charge is 0.411 e. The summed E-state index contributed by atoms with van der Waals surface area (Å²) in [6.45, 7) is 0. The molecular formula is C16H9BrCl3N3O2S. The third-order valence-corrected chi connectivity index (χ3v) is 5.68. The van der Waals surface area contributed by atoms with Gasteiger partial charge in [0, 0.05) is 15.2 Å². The van der Waals surface area contributed by atoms with Crippen LogP contribution in [-0.2, 0) is 4.79 Å². The minimum Gasteiger partial charge on any atom is -0.411 e. The molecule has 1 aromatic heterocycles. The summed E-state index contributed by atoms with van der Waals surface area (Å²) < 4.78 is 6.23. The number of halogens is 4. The third kappa shape index (κ3) is 4.92. The molecule has 0 radical (unpaired) electrons. The molecule has 26 heavy (non-hydrogen) atoms. The van der Waals surface area contributed by atoms with E-state index in [4.69, 9.17) is 39.2 Å². The predicted octanol–water partition coefficient (Wildman–Crippen LogP) is 6.19. The average molecular weight is 494 g/mol. The van der Waals surface area contributed by atoms with Crippen molar-refractivity contribution in [2.75, 3.05) is 11.1 Å². The smallest absolute Gasteiger partial charge is 0.277 e. The second kappa shape index (κ2) is 8.63. The molecule has 0 unspecified atom stereocenters. The number of nitrogens with zero attached hydrogens (tertiary/aromatic N) is 2. The molecule has 3 rings (SSSR count). The number of carbonyl (C=O) groups is 1. The Morgan fingerprint density at radius 2 is 1.92 bits per heavy atom. The van der Waals surface area contributed by atoms with E-state index >= 15 is 0 Å². The lowest BCUT2D eigenvalue weighted by Gasteiger charge is -2.05. The maximum absolute atomic E-state index is 12.0. The molecule has 1 N–H and O–H groups in total. The average Bonchev–Trinajstić information content (AvgIpc) is 3.05. The zero-order valence-corrected chi connectivity index (χ0v) is 17.5. The summed E-state index contributed by atoms with van der Waals surface area (Å²) in [6, 6.07) is 10.1. The maximum atomic E-state index is 12.0. The summed E-state index contributed by atoms with van der Waals surface area (Å²) >= 11 is 22.3. The number of amides is 1. The van der Waals surface area contributed by atoms with Gasteiger partial charge in [0.05, 0.1) is 21.4 Å². The fourth-order valence-electron chi connectivity index (χ4n) is 1.94. The van der Waals surface area contributed by atoms with Crippen LogP contribution in [0.5, 0.6) is 0 Å². The van der Waals surface area contributed by atoms with Crippen LogP contribution < -0.4 is 5.32 Å². The lowest BCUT2D eigenvalue weighted by atomic mass is 10.2. The number of hydrogen-bond donors (Lipinski definition) is 1. The minimum atomic E-state index is -0.214. The fourth-order valence-corrected chi connectivity index (χ4v) is 3.49. The van der Waals surface area contributed by atoms with Crippen molar-refractivity contribution < 1.29 is 9.21 Å². The minimum absolute atomic E-state index is 0.107. The van der Waals surface area contributed by atoms with Crippen LogP contribution in [0, 0.1) is 0 Å². The van der Waals surface area contributed by atoms with Crippen LogP contribution in [0.3, 0.4) is 0 Å². The summed E-state index contributed by atoms with van der Waals surface area (Å²) in [5, 5.41) is 12.4. The summed E-state index contributed by atoms with van der Waals surface area (Å²) in [5.41, 5.74) is 1.21. The first kappa shape index (κ1) is 19.5. The molecule has 0 saturated carbocycles. The number of benzene rings is 2. The van der Waals surface area contributed by atoms with Crippen LogP contribution in [0.15, 0.2) is 50.5 Å². The summed E-state index contributed by atoms with van der Waals surface area (Å²) in [5.74, 6) is 0.153. The topological polar surface area (TPSA) is 68.0 Å². The van der Waals surface area contributed by atoms with E-state index in [2.05, 4.69) is 31.4 Å². The number of nitrogens with one attached hydrogen (secondary N) is 1. The van der Waals surface area contributed by atoms with E-state index in [9.17, 15) is 4.79 Å². The molecule has 0 aliphatic heterocycles. The normalized spacial score (nSPS) is 10.8. The molecule has 0 atom stereocenters. The second-order valence-electron chi connectivity index (χ2n) is 4.96. The Morgan fingerprint density at radius 3 is 2.65 bits per heavy atom. The maximum Gasteiger partial charge on any atom is 0.277 e. The summed E-state index contributed by atoms with van der Waals surface area (Å²) in [7, 11) is 0. The van der Waals surface area contributed by atoms with Crippen molar-refractivity contribution in [2.24, 2.45) is 0 Å². The van der Waals surface area contributed by atoms with Crippen LogP contribution in [0.25, 0.3) is 11.5 Å². The molecule has 134 valence electrons. The molecule has 1 amide bonds. The quantitative estimate of drug-likeness (QED) is 0.429. The summed E-state index contributed by atoms with van der Waals surface area (Å²) in [4.78, 5) is 12.0. The van der Waals surface area contributed by atoms with Gasteiger partial charge in [0.25, 0.3) is 5.22 Å². The molecule has 0 spiro atoms. The van der Waals surface area contributed by atoms with Gasteiger partial charge in [-0.1, -0.05) is 46.6 Å². The highest BCUT2D eigenvalue weighted by molar-refractivity contribution is 9.10. The van der Waals surface area contributed by atoms with E-state index in [0.29, 0.717) is 30.8 Å². The molecule has 10 heteroatoms. The first-order chi connectivity index (χ1) is 12.4. The highest BCUT2D eigenvalue weighted by atomic mass is 79.9. The van der Waals surface area contributed by atoms with Gasteiger partial charge < -0.3 is 9.73 Å². The monoisotopic (exact) mass is 491 g/mol. The van der Waals surface area contributed by atoms with Crippen LogP contribution in [-0.4, -0.2) is 21.9 Å². The second-order valence-corrected chi connectivity index (χ2v) is 7.99. The molecule has 1 heterocycles. The first-order valence-corrected chi connectivity index (χ1v) is 10.0. The number of hydrogen-bond acceptors (Lipinski definition) is 5. The van der Waals surface area contributed by atoms with Crippen LogP contribution in [0.4, 0.5) is 5.69 Å². The van der Waals surface area contributed by atoms with Crippen molar-refractivity contribution in [2.45, 2.75) is 5.22 Å². The van der Waals surface area contributed by atoms with Gasteiger partial charge in [0.15, 0.2) is 0 Å².